The molecule has 1 aliphatic rings. The Bertz CT molecular complexity index is 525. The molecule has 2 heteroatoms. The molecule has 0 aliphatic heterocycles. The molecule has 0 spiro atoms. The highest BCUT2D eigenvalue weighted by molar-refractivity contribution is 5.84. The van der Waals surface area contributed by atoms with Gasteiger partial charge in [0.15, 0.2) is 0 Å². The molecule has 1 fully saturated rings. The number of para-hydroxylation sites is 1. The van der Waals surface area contributed by atoms with Crippen LogP contribution in [-0.4, -0.2) is 16.3 Å². The Morgan fingerprint density at radius 1 is 1.35 bits per heavy atom. The van der Waals surface area contributed by atoms with E-state index in [1.165, 1.54) is 29.3 Å². The third kappa shape index (κ3) is 1.98. The van der Waals surface area contributed by atoms with E-state index in [2.05, 4.69) is 42.0 Å². The van der Waals surface area contributed by atoms with Crippen LogP contribution in [0.15, 0.2) is 30.5 Å². The van der Waals surface area contributed by atoms with Gasteiger partial charge in [0.1, 0.15) is 0 Å². The van der Waals surface area contributed by atoms with Gasteiger partial charge in [0.25, 0.3) is 0 Å². The number of aliphatic hydroxyl groups excluding tert-OH is 1. The fraction of sp³-hybridized carbons (Fsp3) is 0.467. The summed E-state index contributed by atoms with van der Waals surface area (Å²) in [7, 11) is 0. The van der Waals surface area contributed by atoms with Gasteiger partial charge in [-0.2, -0.15) is 0 Å². The highest BCUT2D eigenvalue weighted by Crippen LogP contribution is 2.34. The van der Waals surface area contributed by atoms with Crippen LogP contribution in [0.25, 0.3) is 10.9 Å². The van der Waals surface area contributed by atoms with Gasteiger partial charge in [0, 0.05) is 36.2 Å². The molecule has 0 amide bonds. The SMILES string of the molecule is CC(CO)c1cn(CC2CC2)c2ccccc12. The Morgan fingerprint density at radius 2 is 2.12 bits per heavy atom. The molecule has 1 saturated carbocycles. The largest absolute Gasteiger partial charge is 0.396 e. The minimum absolute atomic E-state index is 0.220. The summed E-state index contributed by atoms with van der Waals surface area (Å²) in [6.07, 6.45) is 4.98. The zero-order valence-corrected chi connectivity index (χ0v) is 10.3. The number of fused-ring (bicyclic) bond motifs is 1. The maximum Gasteiger partial charge on any atom is 0.0497 e. The monoisotopic (exact) mass is 229 g/mol. The second kappa shape index (κ2) is 4.19. The van der Waals surface area contributed by atoms with Crippen LogP contribution in [0.5, 0.6) is 0 Å². The normalized spacial score (nSPS) is 17.5. The molecule has 1 aromatic carbocycles. The molecule has 0 radical (unpaired) electrons. The highest BCUT2D eigenvalue weighted by Gasteiger charge is 2.23. The number of aromatic nitrogens is 1. The van der Waals surface area contributed by atoms with Gasteiger partial charge in [-0.25, -0.2) is 0 Å². The molecule has 17 heavy (non-hydrogen) atoms. The minimum atomic E-state index is 0.220. The van der Waals surface area contributed by atoms with Crippen LogP contribution in [0.4, 0.5) is 0 Å². The number of nitrogens with zero attached hydrogens (tertiary/aromatic N) is 1. The van der Waals surface area contributed by atoms with Crippen molar-refractivity contribution in [1.82, 2.24) is 4.57 Å². The molecule has 1 unspecified atom stereocenters. The van der Waals surface area contributed by atoms with Gasteiger partial charge in [-0.3, -0.25) is 0 Å². The number of benzene rings is 1. The summed E-state index contributed by atoms with van der Waals surface area (Å²) in [5.41, 5.74) is 2.60. The van der Waals surface area contributed by atoms with Crippen molar-refractivity contribution in [2.75, 3.05) is 6.61 Å². The van der Waals surface area contributed by atoms with Gasteiger partial charge in [0.05, 0.1) is 0 Å². The summed E-state index contributed by atoms with van der Waals surface area (Å²) in [5, 5.41) is 10.6. The maximum atomic E-state index is 9.34. The standard InChI is InChI=1S/C15H19NO/c1-11(10-17)14-9-16(8-12-6-7-12)15-5-3-2-4-13(14)15/h2-5,9,11-12,17H,6-8,10H2,1H3. The van der Waals surface area contributed by atoms with E-state index in [0.29, 0.717) is 0 Å². The number of hydrogen-bond donors (Lipinski definition) is 1. The average molecular weight is 229 g/mol. The van der Waals surface area contributed by atoms with Crippen molar-refractivity contribution in [3.8, 4) is 0 Å². The van der Waals surface area contributed by atoms with Crippen LogP contribution < -0.4 is 0 Å². The molecule has 1 aromatic heterocycles. The fourth-order valence-electron chi connectivity index (χ4n) is 2.50. The first-order valence-corrected chi connectivity index (χ1v) is 6.48. The number of aliphatic hydroxyl groups is 1. The van der Waals surface area contributed by atoms with Crippen molar-refractivity contribution in [1.29, 1.82) is 0 Å². The van der Waals surface area contributed by atoms with Crippen LogP contribution in [0.1, 0.15) is 31.2 Å². The van der Waals surface area contributed by atoms with Crippen LogP contribution in [0, 0.1) is 5.92 Å². The summed E-state index contributed by atoms with van der Waals surface area (Å²) in [4.78, 5) is 0. The Morgan fingerprint density at radius 3 is 2.82 bits per heavy atom. The van der Waals surface area contributed by atoms with Crippen LogP contribution in [-0.2, 0) is 6.54 Å². The number of rotatable bonds is 4. The molecular weight excluding hydrogens is 210 g/mol. The Labute approximate surface area is 102 Å². The fourth-order valence-corrected chi connectivity index (χ4v) is 2.50. The van der Waals surface area contributed by atoms with Gasteiger partial charge < -0.3 is 9.67 Å². The molecule has 2 aromatic rings. The Balaban J connectivity index is 2.08. The van der Waals surface area contributed by atoms with Crippen molar-refractivity contribution in [3.05, 3.63) is 36.0 Å². The first kappa shape index (κ1) is 10.8. The maximum absolute atomic E-state index is 9.34. The molecule has 3 rings (SSSR count). The lowest BCUT2D eigenvalue weighted by Gasteiger charge is -2.05. The zero-order valence-electron chi connectivity index (χ0n) is 10.3. The zero-order chi connectivity index (χ0) is 11.8. The quantitative estimate of drug-likeness (QED) is 0.856. The van der Waals surface area contributed by atoms with Gasteiger partial charge >= 0.3 is 0 Å². The van der Waals surface area contributed by atoms with E-state index in [0.717, 1.165) is 12.5 Å². The van der Waals surface area contributed by atoms with Crippen LogP contribution in [0.2, 0.25) is 0 Å². The highest BCUT2D eigenvalue weighted by atomic mass is 16.3. The number of hydrogen-bond acceptors (Lipinski definition) is 1. The predicted octanol–water partition coefficient (Wildman–Crippen LogP) is 3.15. The third-order valence-electron chi connectivity index (χ3n) is 3.78. The van der Waals surface area contributed by atoms with Gasteiger partial charge in [-0.05, 0) is 30.4 Å². The summed E-state index contributed by atoms with van der Waals surface area (Å²) in [6.45, 7) is 3.44. The van der Waals surface area contributed by atoms with Crippen molar-refractivity contribution in [3.63, 3.8) is 0 Å². The molecular formula is C15H19NO. The lowest BCUT2D eigenvalue weighted by molar-refractivity contribution is 0.273. The van der Waals surface area contributed by atoms with E-state index >= 15 is 0 Å². The molecule has 0 bridgehead atoms. The van der Waals surface area contributed by atoms with E-state index in [1.807, 2.05) is 0 Å². The molecule has 1 aliphatic carbocycles. The lowest BCUT2D eigenvalue weighted by Crippen LogP contribution is -1.99. The predicted molar refractivity (Wildman–Crippen MR) is 70.2 cm³/mol. The second-order valence-electron chi connectivity index (χ2n) is 5.28. The van der Waals surface area contributed by atoms with E-state index in [9.17, 15) is 5.11 Å². The second-order valence-corrected chi connectivity index (χ2v) is 5.28. The van der Waals surface area contributed by atoms with E-state index in [-0.39, 0.29) is 12.5 Å². The van der Waals surface area contributed by atoms with Gasteiger partial charge in [-0.15, -0.1) is 0 Å². The Hall–Kier alpha value is -1.28. The van der Waals surface area contributed by atoms with Crippen molar-refractivity contribution < 1.29 is 5.11 Å². The minimum Gasteiger partial charge on any atom is -0.396 e. The van der Waals surface area contributed by atoms with Gasteiger partial charge in [0.2, 0.25) is 0 Å². The summed E-state index contributed by atoms with van der Waals surface area (Å²) >= 11 is 0. The average Bonchev–Trinajstić information content (AvgIpc) is 3.10. The molecule has 0 saturated heterocycles. The summed E-state index contributed by atoms with van der Waals surface area (Å²) in [6, 6.07) is 8.53. The molecule has 2 nitrogen and oxygen atoms in total. The van der Waals surface area contributed by atoms with Crippen LogP contribution in [0.3, 0.4) is 0 Å². The van der Waals surface area contributed by atoms with Crippen molar-refractivity contribution >= 4 is 10.9 Å². The Kier molecular flexibility index (Phi) is 2.67. The summed E-state index contributed by atoms with van der Waals surface area (Å²) in [5.74, 6) is 1.10. The lowest BCUT2D eigenvalue weighted by atomic mass is 10.0. The first-order valence-electron chi connectivity index (χ1n) is 6.48. The smallest absolute Gasteiger partial charge is 0.0497 e. The van der Waals surface area contributed by atoms with E-state index in [1.54, 1.807) is 0 Å². The van der Waals surface area contributed by atoms with Crippen molar-refractivity contribution in [2.24, 2.45) is 5.92 Å². The molecule has 90 valence electrons. The van der Waals surface area contributed by atoms with Crippen LogP contribution >= 0.6 is 0 Å². The van der Waals surface area contributed by atoms with Gasteiger partial charge in [-0.1, -0.05) is 25.1 Å². The first-order chi connectivity index (χ1) is 8.29. The molecule has 1 atom stereocenters. The molecule has 1 N–H and O–H groups in total. The molecule has 1 heterocycles. The summed E-state index contributed by atoms with van der Waals surface area (Å²) < 4.78 is 2.37. The van der Waals surface area contributed by atoms with E-state index < -0.39 is 0 Å². The third-order valence-corrected chi connectivity index (χ3v) is 3.78. The van der Waals surface area contributed by atoms with Crippen molar-refractivity contribution in [2.45, 2.75) is 32.2 Å². The van der Waals surface area contributed by atoms with E-state index in [4.69, 9.17) is 0 Å². The topological polar surface area (TPSA) is 25.2 Å².